The summed E-state index contributed by atoms with van der Waals surface area (Å²) in [7, 11) is 0. The number of carbonyl (C=O) groups is 1. The van der Waals surface area contributed by atoms with Crippen molar-refractivity contribution in [1.82, 2.24) is 15.1 Å². The summed E-state index contributed by atoms with van der Waals surface area (Å²) < 4.78 is 1.68. The maximum absolute atomic E-state index is 12.2. The lowest BCUT2D eigenvalue weighted by molar-refractivity contribution is 0.0921. The highest BCUT2D eigenvalue weighted by Gasteiger charge is 2.26. The highest BCUT2D eigenvalue weighted by atomic mass is 32.1. The molecule has 0 unspecified atom stereocenters. The predicted molar refractivity (Wildman–Crippen MR) is 75.6 cm³/mol. The zero-order valence-electron chi connectivity index (χ0n) is 11.3. The highest BCUT2D eigenvalue weighted by Crippen LogP contribution is 2.09. The first-order valence-electron chi connectivity index (χ1n) is 6.01. The van der Waals surface area contributed by atoms with Crippen molar-refractivity contribution in [2.24, 2.45) is 5.73 Å². The molecule has 0 saturated carbocycles. The van der Waals surface area contributed by atoms with Crippen LogP contribution in [0, 0.1) is 0 Å². The maximum Gasteiger partial charge on any atom is 0.270 e. The first-order chi connectivity index (χ1) is 8.31. The monoisotopic (exact) mass is 268 g/mol. The number of rotatable bonds is 5. The Morgan fingerprint density at radius 1 is 1.56 bits per heavy atom. The van der Waals surface area contributed by atoms with Gasteiger partial charge in [0.2, 0.25) is 0 Å². The van der Waals surface area contributed by atoms with Gasteiger partial charge in [-0.05, 0) is 33.3 Å². The van der Waals surface area contributed by atoms with E-state index in [4.69, 9.17) is 18.0 Å². The van der Waals surface area contributed by atoms with Gasteiger partial charge in [0.15, 0.2) is 0 Å². The SMILES string of the molecule is CCc1cc(C(=O)NC(C)(C)C(N)=S)n(CC)n1. The van der Waals surface area contributed by atoms with E-state index in [1.54, 1.807) is 24.6 Å². The lowest BCUT2D eigenvalue weighted by Crippen LogP contribution is -2.52. The fourth-order valence-corrected chi connectivity index (χ4v) is 1.53. The van der Waals surface area contributed by atoms with Crippen LogP contribution in [0.5, 0.6) is 0 Å². The number of amides is 1. The normalized spacial score (nSPS) is 11.3. The van der Waals surface area contributed by atoms with E-state index in [9.17, 15) is 4.79 Å². The Morgan fingerprint density at radius 2 is 2.17 bits per heavy atom. The van der Waals surface area contributed by atoms with Gasteiger partial charge in [0, 0.05) is 6.54 Å². The molecular weight excluding hydrogens is 248 g/mol. The third-order valence-corrected chi connectivity index (χ3v) is 3.28. The molecule has 1 amide bonds. The molecule has 1 aromatic rings. The fraction of sp³-hybridized carbons (Fsp3) is 0.583. The third kappa shape index (κ3) is 3.07. The molecule has 5 nitrogen and oxygen atoms in total. The number of nitrogens with two attached hydrogens (primary N) is 1. The van der Waals surface area contributed by atoms with E-state index in [1.807, 2.05) is 13.8 Å². The van der Waals surface area contributed by atoms with Crippen LogP contribution in [0.3, 0.4) is 0 Å². The largest absolute Gasteiger partial charge is 0.391 e. The number of hydrogen-bond donors (Lipinski definition) is 2. The second kappa shape index (κ2) is 5.48. The number of thiocarbonyl (C=S) groups is 1. The zero-order valence-corrected chi connectivity index (χ0v) is 12.1. The van der Waals surface area contributed by atoms with Gasteiger partial charge in [0.25, 0.3) is 5.91 Å². The van der Waals surface area contributed by atoms with Crippen molar-refractivity contribution < 1.29 is 4.79 Å². The fourth-order valence-electron chi connectivity index (χ4n) is 1.48. The summed E-state index contributed by atoms with van der Waals surface area (Å²) in [6.07, 6.45) is 0.798. The lowest BCUT2D eigenvalue weighted by Gasteiger charge is -2.24. The Kier molecular flexibility index (Phi) is 4.45. The van der Waals surface area contributed by atoms with Crippen molar-refractivity contribution in [2.45, 2.75) is 46.2 Å². The van der Waals surface area contributed by atoms with E-state index >= 15 is 0 Å². The second-order valence-corrected chi connectivity index (χ2v) is 5.07. The van der Waals surface area contributed by atoms with E-state index < -0.39 is 5.54 Å². The summed E-state index contributed by atoms with van der Waals surface area (Å²) in [6, 6.07) is 1.80. The minimum absolute atomic E-state index is 0.207. The minimum Gasteiger partial charge on any atom is -0.391 e. The van der Waals surface area contributed by atoms with Crippen molar-refractivity contribution in [1.29, 1.82) is 0 Å². The summed E-state index contributed by atoms with van der Waals surface area (Å²) in [6.45, 7) is 8.16. The molecule has 1 rings (SSSR count). The maximum atomic E-state index is 12.2. The molecule has 1 heterocycles. The zero-order chi connectivity index (χ0) is 13.9. The minimum atomic E-state index is -0.707. The van der Waals surface area contributed by atoms with E-state index in [0.29, 0.717) is 12.2 Å². The molecule has 0 saturated heterocycles. The van der Waals surface area contributed by atoms with Gasteiger partial charge in [-0.2, -0.15) is 5.10 Å². The van der Waals surface area contributed by atoms with Gasteiger partial charge in [-0.15, -0.1) is 0 Å². The van der Waals surface area contributed by atoms with Crippen LogP contribution in [-0.4, -0.2) is 26.2 Å². The Labute approximate surface area is 113 Å². The molecule has 0 spiro atoms. The quantitative estimate of drug-likeness (QED) is 0.789. The van der Waals surface area contributed by atoms with Crippen LogP contribution < -0.4 is 11.1 Å². The molecule has 100 valence electrons. The lowest BCUT2D eigenvalue weighted by atomic mass is 10.1. The van der Waals surface area contributed by atoms with Crippen molar-refractivity contribution in [3.8, 4) is 0 Å². The molecule has 3 N–H and O–H groups in total. The molecule has 0 fully saturated rings. The predicted octanol–water partition coefficient (Wildman–Crippen LogP) is 1.26. The number of carbonyl (C=O) groups excluding carboxylic acids is 1. The van der Waals surface area contributed by atoms with Gasteiger partial charge in [-0.1, -0.05) is 19.1 Å². The smallest absolute Gasteiger partial charge is 0.270 e. The van der Waals surface area contributed by atoms with E-state index in [1.165, 1.54) is 0 Å². The topological polar surface area (TPSA) is 72.9 Å². The summed E-state index contributed by atoms with van der Waals surface area (Å²) in [5.74, 6) is -0.207. The first-order valence-corrected chi connectivity index (χ1v) is 6.41. The summed E-state index contributed by atoms with van der Waals surface area (Å²) >= 11 is 4.93. The van der Waals surface area contributed by atoms with Crippen LogP contribution in [-0.2, 0) is 13.0 Å². The Hall–Kier alpha value is -1.43. The van der Waals surface area contributed by atoms with Crippen molar-refractivity contribution >= 4 is 23.1 Å². The summed E-state index contributed by atoms with van der Waals surface area (Å²) in [4.78, 5) is 12.4. The number of hydrogen-bond acceptors (Lipinski definition) is 3. The number of nitrogens with one attached hydrogen (secondary N) is 1. The molecule has 0 aliphatic carbocycles. The number of aromatic nitrogens is 2. The molecule has 0 aliphatic heterocycles. The standard InChI is InChI=1S/C12H20N4OS/c1-5-8-7-9(16(6-2)15-8)10(17)14-12(3,4)11(13)18/h7H,5-6H2,1-4H3,(H2,13,18)(H,14,17). The van der Waals surface area contributed by atoms with Gasteiger partial charge in [-0.3, -0.25) is 9.48 Å². The van der Waals surface area contributed by atoms with Crippen molar-refractivity contribution in [3.63, 3.8) is 0 Å². The van der Waals surface area contributed by atoms with E-state index in [2.05, 4.69) is 10.4 Å². The molecule has 0 bridgehead atoms. The number of aryl methyl sites for hydroxylation is 2. The molecule has 0 aromatic carbocycles. The van der Waals surface area contributed by atoms with Gasteiger partial charge in [0.1, 0.15) is 5.69 Å². The van der Waals surface area contributed by atoms with E-state index in [0.717, 1.165) is 12.1 Å². The molecule has 0 radical (unpaired) electrons. The molecule has 6 heteroatoms. The van der Waals surface area contributed by atoms with Crippen LogP contribution >= 0.6 is 12.2 Å². The Morgan fingerprint density at radius 3 is 2.61 bits per heavy atom. The van der Waals surface area contributed by atoms with E-state index in [-0.39, 0.29) is 10.9 Å². The van der Waals surface area contributed by atoms with Crippen LogP contribution in [0.15, 0.2) is 6.07 Å². The molecular formula is C12H20N4OS. The first kappa shape index (κ1) is 14.6. The molecule has 0 aliphatic rings. The van der Waals surface area contributed by atoms with Crippen LogP contribution in [0.4, 0.5) is 0 Å². The van der Waals surface area contributed by atoms with Gasteiger partial charge in [0.05, 0.1) is 16.2 Å². The average molecular weight is 268 g/mol. The summed E-state index contributed by atoms with van der Waals surface area (Å²) in [5.41, 5.74) is 6.32. The van der Waals surface area contributed by atoms with Gasteiger partial charge >= 0.3 is 0 Å². The van der Waals surface area contributed by atoms with Crippen molar-refractivity contribution in [3.05, 3.63) is 17.5 Å². The van der Waals surface area contributed by atoms with Gasteiger partial charge < -0.3 is 11.1 Å². The number of nitrogens with zero attached hydrogens (tertiary/aromatic N) is 2. The van der Waals surface area contributed by atoms with Crippen molar-refractivity contribution in [2.75, 3.05) is 0 Å². The Balaban J connectivity index is 2.97. The highest BCUT2D eigenvalue weighted by molar-refractivity contribution is 7.80. The Bertz CT molecular complexity index is 465. The molecule has 1 aromatic heterocycles. The summed E-state index contributed by atoms with van der Waals surface area (Å²) in [5, 5.41) is 7.15. The van der Waals surface area contributed by atoms with Crippen LogP contribution in [0.25, 0.3) is 0 Å². The molecule has 18 heavy (non-hydrogen) atoms. The second-order valence-electron chi connectivity index (χ2n) is 4.63. The third-order valence-electron chi connectivity index (χ3n) is 2.77. The average Bonchev–Trinajstić information content (AvgIpc) is 2.71. The van der Waals surface area contributed by atoms with Gasteiger partial charge in [-0.25, -0.2) is 0 Å². The van der Waals surface area contributed by atoms with Crippen LogP contribution in [0.1, 0.15) is 43.9 Å². The molecule has 0 atom stereocenters. The van der Waals surface area contributed by atoms with Crippen LogP contribution in [0.2, 0.25) is 0 Å².